The van der Waals surface area contributed by atoms with E-state index in [1.807, 2.05) is 0 Å². The number of nitrogens with two attached hydrogens (primary N) is 1. The lowest BCUT2D eigenvalue weighted by Crippen LogP contribution is -2.16. The van der Waals surface area contributed by atoms with Crippen LogP contribution in [0, 0.1) is 5.82 Å². The molecule has 1 rings (SSSR count). The van der Waals surface area contributed by atoms with Gasteiger partial charge in [-0.3, -0.25) is 0 Å². The van der Waals surface area contributed by atoms with Crippen LogP contribution >= 0.6 is 0 Å². The largest absolute Gasteiger partial charge is 0.416 e. The first-order valence-corrected chi connectivity index (χ1v) is 5.67. The quantitative estimate of drug-likeness (QED) is 0.818. The molecule has 0 radical (unpaired) electrons. The van der Waals surface area contributed by atoms with E-state index in [0.717, 1.165) is 0 Å². The van der Waals surface area contributed by atoms with Crippen molar-refractivity contribution >= 4 is 10.0 Å². The monoisotopic (exact) mass is 257 g/mol. The topological polar surface area (TPSA) is 60.2 Å². The lowest BCUT2D eigenvalue weighted by Gasteiger charge is -2.09. The molecule has 8 heteroatoms. The summed E-state index contributed by atoms with van der Waals surface area (Å²) in [6, 6.07) is 1.52. The second-order valence-electron chi connectivity index (χ2n) is 3.11. The Balaban J connectivity index is 3.20. The number of halogens is 4. The van der Waals surface area contributed by atoms with Gasteiger partial charge in [-0.05, 0) is 18.2 Å². The summed E-state index contributed by atoms with van der Waals surface area (Å²) in [7, 11) is -4.07. The van der Waals surface area contributed by atoms with E-state index in [1.165, 1.54) is 0 Å². The predicted molar refractivity (Wildman–Crippen MR) is 48.2 cm³/mol. The first-order chi connectivity index (χ1) is 7.09. The van der Waals surface area contributed by atoms with Gasteiger partial charge in [-0.1, -0.05) is 0 Å². The molecule has 0 spiro atoms. The molecular weight excluding hydrogens is 250 g/mol. The average molecular weight is 257 g/mol. The molecule has 0 heterocycles. The SMILES string of the molecule is NS(=O)(=O)Cc1cc(C(F)(F)F)ccc1F. The Hall–Kier alpha value is -1.15. The van der Waals surface area contributed by atoms with Gasteiger partial charge in [0, 0.05) is 5.56 Å². The van der Waals surface area contributed by atoms with Gasteiger partial charge in [0.25, 0.3) is 0 Å². The van der Waals surface area contributed by atoms with Crippen LogP contribution in [0.4, 0.5) is 17.6 Å². The van der Waals surface area contributed by atoms with Crippen LogP contribution in [0.1, 0.15) is 11.1 Å². The zero-order valence-electron chi connectivity index (χ0n) is 7.75. The zero-order chi connectivity index (χ0) is 12.6. The molecule has 0 aliphatic carbocycles. The average Bonchev–Trinajstić information content (AvgIpc) is 2.04. The Morgan fingerprint density at radius 1 is 1.25 bits per heavy atom. The van der Waals surface area contributed by atoms with Gasteiger partial charge in [0.2, 0.25) is 10.0 Å². The maximum Gasteiger partial charge on any atom is 0.416 e. The van der Waals surface area contributed by atoms with Gasteiger partial charge in [-0.25, -0.2) is 17.9 Å². The first kappa shape index (κ1) is 12.9. The molecule has 0 amide bonds. The van der Waals surface area contributed by atoms with Crippen molar-refractivity contribution in [1.82, 2.24) is 0 Å². The van der Waals surface area contributed by atoms with Gasteiger partial charge in [0.1, 0.15) is 5.82 Å². The molecule has 0 atom stereocenters. The molecule has 1 aromatic rings. The van der Waals surface area contributed by atoms with E-state index in [-0.39, 0.29) is 0 Å². The van der Waals surface area contributed by atoms with E-state index in [0.29, 0.717) is 18.2 Å². The highest BCUT2D eigenvalue weighted by Gasteiger charge is 2.31. The highest BCUT2D eigenvalue weighted by molar-refractivity contribution is 7.88. The highest BCUT2D eigenvalue weighted by Crippen LogP contribution is 2.30. The number of primary sulfonamides is 1. The maximum atomic E-state index is 13.0. The Bertz CT molecular complexity index is 495. The van der Waals surface area contributed by atoms with Gasteiger partial charge in [-0.2, -0.15) is 13.2 Å². The smallest absolute Gasteiger partial charge is 0.228 e. The number of hydrogen-bond donors (Lipinski definition) is 1. The van der Waals surface area contributed by atoms with Gasteiger partial charge in [0.05, 0.1) is 11.3 Å². The zero-order valence-corrected chi connectivity index (χ0v) is 8.57. The number of hydrogen-bond acceptors (Lipinski definition) is 2. The molecule has 0 aliphatic rings. The summed E-state index contributed by atoms with van der Waals surface area (Å²) in [5, 5.41) is 4.62. The molecule has 16 heavy (non-hydrogen) atoms. The summed E-state index contributed by atoms with van der Waals surface area (Å²) < 4.78 is 71.0. The van der Waals surface area contributed by atoms with Crippen molar-refractivity contribution in [2.24, 2.45) is 5.14 Å². The Labute approximate surface area is 88.9 Å². The predicted octanol–water partition coefficient (Wildman–Crippen LogP) is 1.63. The summed E-state index contributed by atoms with van der Waals surface area (Å²) in [4.78, 5) is 0. The minimum absolute atomic E-state index is 0.430. The molecule has 2 N–H and O–H groups in total. The van der Waals surface area contributed by atoms with Crippen molar-refractivity contribution < 1.29 is 26.0 Å². The van der Waals surface area contributed by atoms with Crippen molar-refractivity contribution in [1.29, 1.82) is 0 Å². The summed E-state index contributed by atoms with van der Waals surface area (Å²) in [6.07, 6.45) is -4.65. The summed E-state index contributed by atoms with van der Waals surface area (Å²) in [5.41, 5.74) is -1.72. The normalized spacial score (nSPS) is 12.8. The lowest BCUT2D eigenvalue weighted by molar-refractivity contribution is -0.137. The molecule has 3 nitrogen and oxygen atoms in total. The Morgan fingerprint density at radius 3 is 2.25 bits per heavy atom. The Kier molecular flexibility index (Phi) is 3.25. The van der Waals surface area contributed by atoms with Crippen LogP contribution in [0.25, 0.3) is 0 Å². The van der Waals surface area contributed by atoms with Crippen LogP contribution in [0.15, 0.2) is 18.2 Å². The number of sulfonamides is 1. The van der Waals surface area contributed by atoms with E-state index < -0.39 is 38.9 Å². The summed E-state index contributed by atoms with van der Waals surface area (Å²) in [6.45, 7) is 0. The second-order valence-corrected chi connectivity index (χ2v) is 4.73. The van der Waals surface area contributed by atoms with Crippen LogP contribution in [-0.2, 0) is 22.0 Å². The van der Waals surface area contributed by atoms with E-state index in [2.05, 4.69) is 5.14 Å². The van der Waals surface area contributed by atoms with Crippen molar-refractivity contribution in [3.63, 3.8) is 0 Å². The summed E-state index contributed by atoms with van der Waals surface area (Å²) >= 11 is 0. The maximum absolute atomic E-state index is 13.0. The summed E-state index contributed by atoms with van der Waals surface area (Å²) in [5.74, 6) is -2.01. The van der Waals surface area contributed by atoms with Crippen LogP contribution in [0.3, 0.4) is 0 Å². The van der Waals surface area contributed by atoms with E-state index in [4.69, 9.17) is 0 Å². The standard InChI is InChI=1S/C8H7F4NO2S/c9-7-2-1-6(8(10,11)12)3-5(7)4-16(13,14)15/h1-3H,4H2,(H2,13,14,15). The lowest BCUT2D eigenvalue weighted by atomic mass is 10.1. The third-order valence-electron chi connectivity index (χ3n) is 1.73. The minimum Gasteiger partial charge on any atom is -0.228 e. The number of benzene rings is 1. The molecule has 1 aromatic carbocycles. The second kappa shape index (κ2) is 4.02. The molecular formula is C8H7F4NO2S. The molecule has 90 valence electrons. The minimum atomic E-state index is -4.65. The van der Waals surface area contributed by atoms with E-state index in [1.54, 1.807) is 0 Å². The third kappa shape index (κ3) is 3.46. The van der Waals surface area contributed by atoms with Crippen LogP contribution in [-0.4, -0.2) is 8.42 Å². The Morgan fingerprint density at radius 2 is 1.81 bits per heavy atom. The molecule has 0 fully saturated rings. The van der Waals surface area contributed by atoms with Crippen LogP contribution in [0.5, 0.6) is 0 Å². The van der Waals surface area contributed by atoms with Crippen molar-refractivity contribution in [3.8, 4) is 0 Å². The van der Waals surface area contributed by atoms with Gasteiger partial charge in [-0.15, -0.1) is 0 Å². The van der Waals surface area contributed by atoms with Gasteiger partial charge in [0.15, 0.2) is 0 Å². The fourth-order valence-electron chi connectivity index (χ4n) is 1.08. The van der Waals surface area contributed by atoms with Crippen molar-refractivity contribution in [3.05, 3.63) is 35.1 Å². The molecule has 0 aromatic heterocycles. The van der Waals surface area contributed by atoms with Crippen LogP contribution < -0.4 is 5.14 Å². The molecule has 0 saturated heterocycles. The van der Waals surface area contributed by atoms with Gasteiger partial charge >= 0.3 is 6.18 Å². The highest BCUT2D eigenvalue weighted by atomic mass is 32.2. The molecule has 0 aliphatic heterocycles. The molecule has 0 bridgehead atoms. The van der Waals surface area contributed by atoms with Gasteiger partial charge < -0.3 is 0 Å². The van der Waals surface area contributed by atoms with Crippen molar-refractivity contribution in [2.75, 3.05) is 0 Å². The molecule has 0 unspecified atom stereocenters. The third-order valence-corrected chi connectivity index (χ3v) is 2.44. The fourth-order valence-corrected chi connectivity index (χ4v) is 1.73. The van der Waals surface area contributed by atoms with E-state index >= 15 is 0 Å². The molecule has 0 saturated carbocycles. The van der Waals surface area contributed by atoms with Crippen LogP contribution in [0.2, 0.25) is 0 Å². The van der Waals surface area contributed by atoms with Crippen molar-refractivity contribution in [2.45, 2.75) is 11.9 Å². The van der Waals surface area contributed by atoms with E-state index in [9.17, 15) is 26.0 Å². The number of rotatable bonds is 2. The first-order valence-electron chi connectivity index (χ1n) is 3.96. The fraction of sp³-hybridized carbons (Fsp3) is 0.250. The number of alkyl halides is 3.